The van der Waals surface area contributed by atoms with Crippen LogP contribution in [0.4, 0.5) is 0 Å². The third kappa shape index (κ3) is 69.2. The molecule has 0 aliphatic heterocycles. The van der Waals surface area contributed by atoms with Crippen molar-refractivity contribution in [1.29, 1.82) is 0 Å². The number of rotatable bonds is 68. The molecule has 2 atom stereocenters. The first-order valence-corrected chi connectivity index (χ1v) is 37.7. The van der Waals surface area contributed by atoms with E-state index in [-0.39, 0.29) is 25.6 Å². The molecule has 2 unspecified atom stereocenters. The molecule has 0 aromatic carbocycles. The minimum absolute atomic E-state index is 0.0340. The minimum atomic E-state index is -4.39. The van der Waals surface area contributed by atoms with Crippen LogP contribution in [0.2, 0.25) is 0 Å². The van der Waals surface area contributed by atoms with E-state index in [0.29, 0.717) is 23.9 Å². The number of allylic oxidation sites excluding steroid dienone is 6. The predicted octanol–water partition coefficient (Wildman–Crippen LogP) is 23.4. The second-order valence-corrected chi connectivity index (χ2v) is 27.4. The summed E-state index contributed by atoms with van der Waals surface area (Å²) in [6.07, 6.45) is 82.6. The Morgan fingerprint density at radius 3 is 0.964 bits per heavy atom. The summed E-state index contributed by atoms with van der Waals surface area (Å²) in [5, 5.41) is 0. The Morgan fingerprint density at radius 2 is 0.651 bits per heavy atom. The van der Waals surface area contributed by atoms with Gasteiger partial charge in [-0.05, 0) is 51.4 Å². The van der Waals surface area contributed by atoms with Gasteiger partial charge in [-0.3, -0.25) is 18.6 Å². The number of quaternary nitrogens is 1. The molecule has 0 aromatic heterocycles. The highest BCUT2D eigenvalue weighted by atomic mass is 31.2. The van der Waals surface area contributed by atoms with Crippen LogP contribution in [0.1, 0.15) is 367 Å². The summed E-state index contributed by atoms with van der Waals surface area (Å²) in [6, 6.07) is 0. The molecule has 0 heterocycles. The molecule has 0 saturated carbocycles. The van der Waals surface area contributed by atoms with Crippen molar-refractivity contribution in [3.8, 4) is 0 Å². The van der Waals surface area contributed by atoms with E-state index in [1.165, 1.54) is 289 Å². The van der Waals surface area contributed by atoms with Gasteiger partial charge < -0.3 is 18.9 Å². The first-order valence-electron chi connectivity index (χ1n) is 36.2. The van der Waals surface area contributed by atoms with E-state index < -0.39 is 26.5 Å². The first-order chi connectivity index (χ1) is 40.5. The molecule has 9 nitrogen and oxygen atoms in total. The molecule has 0 amide bonds. The Kier molecular flexibility index (Phi) is 63.3. The maximum Gasteiger partial charge on any atom is 0.472 e. The zero-order valence-corrected chi connectivity index (χ0v) is 56.9. The summed E-state index contributed by atoms with van der Waals surface area (Å²) in [7, 11) is 1.50. The van der Waals surface area contributed by atoms with Crippen LogP contribution in [-0.4, -0.2) is 74.9 Å². The third-order valence-electron chi connectivity index (χ3n) is 16.4. The van der Waals surface area contributed by atoms with Gasteiger partial charge in [-0.15, -0.1) is 0 Å². The van der Waals surface area contributed by atoms with Crippen LogP contribution in [0.5, 0.6) is 0 Å². The van der Waals surface area contributed by atoms with E-state index in [2.05, 4.69) is 50.3 Å². The largest absolute Gasteiger partial charge is 0.472 e. The number of hydrogen-bond acceptors (Lipinski definition) is 7. The molecule has 0 aliphatic carbocycles. The molecule has 490 valence electrons. The van der Waals surface area contributed by atoms with Crippen molar-refractivity contribution in [2.75, 3.05) is 47.5 Å². The van der Waals surface area contributed by atoms with Crippen LogP contribution in [0.15, 0.2) is 36.5 Å². The Hall–Kier alpha value is -1.77. The molecule has 0 radical (unpaired) electrons. The molecule has 0 saturated heterocycles. The van der Waals surface area contributed by atoms with Gasteiger partial charge in [-0.25, -0.2) is 4.57 Å². The fourth-order valence-electron chi connectivity index (χ4n) is 10.9. The maximum absolute atomic E-state index is 12.9. The number of carbonyl (C=O) groups is 2. The van der Waals surface area contributed by atoms with Crippen molar-refractivity contribution in [1.82, 2.24) is 0 Å². The van der Waals surface area contributed by atoms with Crippen LogP contribution in [-0.2, 0) is 32.7 Å². The number of phosphoric ester groups is 1. The number of likely N-dealkylation sites (N-methyl/N-ethyl adjacent to an activating group) is 1. The lowest BCUT2D eigenvalue weighted by molar-refractivity contribution is -0.870. The number of phosphoric acid groups is 1. The summed E-state index contributed by atoms with van der Waals surface area (Å²) < 4.78 is 34.8. The van der Waals surface area contributed by atoms with Gasteiger partial charge in [0.25, 0.3) is 0 Å². The SMILES string of the molecule is CCCCCCC/C=C\C/C=C\C/C=C\CCCCCCCCCCCCCCCCC(=O)OC(COC(=O)CCCCCCCCCCCCCCCCCCCCCCCCCCCCCCCC)COP(=O)(O)OCC[N+](C)(C)C. The Labute approximate surface area is 516 Å². The lowest BCUT2D eigenvalue weighted by atomic mass is 10.0. The van der Waals surface area contributed by atoms with Crippen LogP contribution in [0.25, 0.3) is 0 Å². The van der Waals surface area contributed by atoms with Gasteiger partial charge in [0, 0.05) is 12.8 Å². The van der Waals surface area contributed by atoms with Gasteiger partial charge in [0.15, 0.2) is 6.10 Å². The van der Waals surface area contributed by atoms with Crippen LogP contribution < -0.4 is 0 Å². The average Bonchev–Trinajstić information content (AvgIpc) is 3.49. The Morgan fingerprint density at radius 1 is 0.373 bits per heavy atom. The van der Waals surface area contributed by atoms with Gasteiger partial charge >= 0.3 is 19.8 Å². The molecule has 83 heavy (non-hydrogen) atoms. The van der Waals surface area contributed by atoms with Gasteiger partial charge in [0.1, 0.15) is 19.8 Å². The van der Waals surface area contributed by atoms with Crippen molar-refractivity contribution >= 4 is 19.8 Å². The monoisotopic (exact) mass is 1190 g/mol. The molecule has 1 N–H and O–H groups in total. The summed E-state index contributed by atoms with van der Waals surface area (Å²) in [5.74, 6) is -0.777. The van der Waals surface area contributed by atoms with E-state index in [4.69, 9.17) is 18.5 Å². The molecule has 0 spiro atoms. The van der Waals surface area contributed by atoms with Gasteiger partial charge in [0.2, 0.25) is 0 Å². The fourth-order valence-corrected chi connectivity index (χ4v) is 11.6. The number of esters is 2. The second-order valence-electron chi connectivity index (χ2n) is 26.0. The average molecular weight is 1190 g/mol. The number of carbonyl (C=O) groups excluding carboxylic acids is 2. The highest BCUT2D eigenvalue weighted by Crippen LogP contribution is 2.43. The third-order valence-corrected chi connectivity index (χ3v) is 17.4. The lowest BCUT2D eigenvalue weighted by Crippen LogP contribution is -2.37. The zero-order chi connectivity index (χ0) is 60.5. The normalized spacial score (nSPS) is 13.3. The number of hydrogen-bond donors (Lipinski definition) is 1. The molecule has 0 fully saturated rings. The second kappa shape index (κ2) is 64.7. The smallest absolute Gasteiger partial charge is 0.462 e. The highest BCUT2D eigenvalue weighted by molar-refractivity contribution is 7.47. The summed E-state index contributed by atoms with van der Waals surface area (Å²) in [6.45, 7) is 4.49. The molecule has 0 aliphatic rings. The molecule has 0 rings (SSSR count). The number of ether oxygens (including phenoxy) is 2. The van der Waals surface area contributed by atoms with Crippen molar-refractivity contribution in [3.05, 3.63) is 36.5 Å². The quantitative estimate of drug-likeness (QED) is 0.0211. The number of nitrogens with zero attached hydrogens (tertiary/aromatic N) is 1. The van der Waals surface area contributed by atoms with Crippen LogP contribution in [0, 0.1) is 0 Å². The molecule has 10 heteroatoms. The standard InChI is InChI=1S/C73H140NO8P/c1-6-8-10-12-14-16-18-20-22-24-26-28-30-32-34-36-38-39-41-43-45-47-49-51-53-55-57-59-61-63-65-72(75)79-69-71(70-81-83(77,78)80-68-67-74(3,4)5)82-73(76)66-64-62-60-58-56-54-52-50-48-46-44-42-40-37-35-33-31-29-27-25-23-21-19-17-15-13-11-9-7-2/h19,21,25,27,31,33,71H,6-18,20,22-24,26,28-30,32,34-70H2,1-5H3/p+1/b21-19-,27-25-,33-31-. The van der Waals surface area contributed by atoms with E-state index in [1.54, 1.807) is 0 Å². The topological polar surface area (TPSA) is 108 Å². The molecular weight excluding hydrogens is 1050 g/mol. The molecule has 0 bridgehead atoms. The lowest BCUT2D eigenvalue weighted by Gasteiger charge is -2.24. The van der Waals surface area contributed by atoms with E-state index >= 15 is 0 Å². The van der Waals surface area contributed by atoms with E-state index in [1.807, 2.05) is 21.1 Å². The van der Waals surface area contributed by atoms with E-state index in [0.717, 1.165) is 44.9 Å². The van der Waals surface area contributed by atoms with Crippen molar-refractivity contribution in [2.45, 2.75) is 373 Å². The zero-order valence-electron chi connectivity index (χ0n) is 56.0. The summed E-state index contributed by atoms with van der Waals surface area (Å²) >= 11 is 0. The van der Waals surface area contributed by atoms with Crippen LogP contribution >= 0.6 is 7.82 Å². The van der Waals surface area contributed by atoms with Crippen molar-refractivity contribution < 1.29 is 42.1 Å². The van der Waals surface area contributed by atoms with Gasteiger partial charge in [-0.1, -0.05) is 339 Å². The maximum atomic E-state index is 12.9. The predicted molar refractivity (Wildman–Crippen MR) is 358 cm³/mol. The Balaban J connectivity index is 3.99. The van der Waals surface area contributed by atoms with Crippen molar-refractivity contribution in [3.63, 3.8) is 0 Å². The van der Waals surface area contributed by atoms with E-state index in [9.17, 15) is 19.0 Å². The first kappa shape index (κ1) is 81.2. The Bertz CT molecular complexity index is 1490. The fraction of sp³-hybridized carbons (Fsp3) is 0.890. The van der Waals surface area contributed by atoms with Gasteiger partial charge in [0.05, 0.1) is 27.7 Å². The van der Waals surface area contributed by atoms with Crippen LogP contribution in [0.3, 0.4) is 0 Å². The molecule has 0 aromatic rings. The molecular formula is C73H141NO8P+. The van der Waals surface area contributed by atoms with Gasteiger partial charge in [-0.2, -0.15) is 0 Å². The summed E-state index contributed by atoms with van der Waals surface area (Å²) in [4.78, 5) is 35.9. The number of unbranched alkanes of at least 4 members (excludes halogenated alkanes) is 48. The summed E-state index contributed by atoms with van der Waals surface area (Å²) in [5.41, 5.74) is 0. The highest BCUT2D eigenvalue weighted by Gasteiger charge is 2.27. The van der Waals surface area contributed by atoms with Crippen molar-refractivity contribution in [2.24, 2.45) is 0 Å². The minimum Gasteiger partial charge on any atom is -0.462 e.